The second-order valence-electron chi connectivity index (χ2n) is 3.92. The van der Waals surface area contributed by atoms with E-state index < -0.39 is 6.17 Å². The normalized spacial score (nSPS) is 35.9. The molecule has 2 aliphatic rings. The minimum atomic E-state index is -0.695. The van der Waals surface area contributed by atoms with Crippen LogP contribution in [0.5, 0.6) is 0 Å². The zero-order chi connectivity index (χ0) is 8.84. The summed E-state index contributed by atoms with van der Waals surface area (Å²) in [7, 11) is 0. The fraction of sp³-hybridized carbons (Fsp3) is 0.455. The third-order valence-electron chi connectivity index (χ3n) is 3.18. The molecule has 68 valence electrons. The highest BCUT2D eigenvalue weighted by Crippen LogP contribution is 2.43. The van der Waals surface area contributed by atoms with E-state index >= 15 is 0 Å². The van der Waals surface area contributed by atoms with Crippen LogP contribution >= 0.6 is 0 Å². The van der Waals surface area contributed by atoms with Gasteiger partial charge in [-0.3, -0.25) is 0 Å². The first-order valence-electron chi connectivity index (χ1n) is 4.85. The summed E-state index contributed by atoms with van der Waals surface area (Å²) in [5.41, 5.74) is 2.49. The number of rotatable bonds is 0. The van der Waals surface area contributed by atoms with Crippen LogP contribution in [-0.2, 0) is 0 Å². The molecule has 3 rings (SSSR count). The Labute approximate surface area is 77.0 Å². The van der Waals surface area contributed by atoms with E-state index in [4.69, 9.17) is 0 Å². The maximum Gasteiger partial charge on any atom is 0.120 e. The number of halogens is 1. The molecule has 2 heteroatoms. The van der Waals surface area contributed by atoms with Gasteiger partial charge in [-0.05, 0) is 24.0 Å². The number of benzene rings is 1. The van der Waals surface area contributed by atoms with Gasteiger partial charge in [0.25, 0.3) is 0 Å². The third kappa shape index (κ3) is 0.953. The standard InChI is InChI=1S/C11H12FN/c12-9-5-6-10-7-3-1-2-4-8(7)11(9)13-10/h1-4,9-11,13H,5-6H2. The van der Waals surface area contributed by atoms with Gasteiger partial charge in [0.05, 0.1) is 6.04 Å². The van der Waals surface area contributed by atoms with E-state index in [-0.39, 0.29) is 6.04 Å². The van der Waals surface area contributed by atoms with Gasteiger partial charge in [-0.2, -0.15) is 0 Å². The molecule has 2 bridgehead atoms. The highest BCUT2D eigenvalue weighted by Gasteiger charge is 2.39. The molecular formula is C11H12FN. The van der Waals surface area contributed by atoms with Crippen LogP contribution < -0.4 is 5.32 Å². The first kappa shape index (κ1) is 7.51. The molecule has 1 aromatic carbocycles. The lowest BCUT2D eigenvalue weighted by Gasteiger charge is -2.24. The van der Waals surface area contributed by atoms with Crippen molar-refractivity contribution in [2.75, 3.05) is 0 Å². The lowest BCUT2D eigenvalue weighted by Crippen LogP contribution is -2.31. The van der Waals surface area contributed by atoms with Gasteiger partial charge < -0.3 is 5.32 Å². The number of alkyl halides is 1. The van der Waals surface area contributed by atoms with Crippen LogP contribution in [0.3, 0.4) is 0 Å². The molecule has 1 nitrogen and oxygen atoms in total. The fourth-order valence-electron chi connectivity index (χ4n) is 2.54. The smallest absolute Gasteiger partial charge is 0.120 e. The molecule has 3 unspecified atom stereocenters. The van der Waals surface area contributed by atoms with Gasteiger partial charge in [0.2, 0.25) is 0 Å². The molecule has 1 saturated heterocycles. The predicted molar refractivity (Wildman–Crippen MR) is 49.2 cm³/mol. The summed E-state index contributed by atoms with van der Waals surface area (Å²) >= 11 is 0. The lowest BCUT2D eigenvalue weighted by molar-refractivity contribution is 0.190. The van der Waals surface area contributed by atoms with Crippen molar-refractivity contribution < 1.29 is 4.39 Å². The van der Waals surface area contributed by atoms with Crippen LogP contribution in [0.15, 0.2) is 24.3 Å². The summed E-state index contributed by atoms with van der Waals surface area (Å²) in [6.07, 6.45) is 0.950. The summed E-state index contributed by atoms with van der Waals surface area (Å²) in [6, 6.07) is 8.57. The fourth-order valence-corrected chi connectivity index (χ4v) is 2.54. The third-order valence-corrected chi connectivity index (χ3v) is 3.18. The van der Waals surface area contributed by atoms with Crippen molar-refractivity contribution >= 4 is 0 Å². The molecule has 13 heavy (non-hydrogen) atoms. The minimum absolute atomic E-state index is 0.0325. The zero-order valence-corrected chi connectivity index (χ0v) is 7.33. The summed E-state index contributed by atoms with van der Waals surface area (Å²) in [5, 5.41) is 3.33. The first-order valence-corrected chi connectivity index (χ1v) is 4.85. The maximum absolute atomic E-state index is 13.5. The summed E-state index contributed by atoms with van der Waals surface area (Å²) < 4.78 is 13.5. The molecule has 0 saturated carbocycles. The quantitative estimate of drug-likeness (QED) is 0.642. The Bertz CT molecular complexity index is 337. The van der Waals surface area contributed by atoms with E-state index in [2.05, 4.69) is 11.4 Å². The van der Waals surface area contributed by atoms with Crippen LogP contribution in [0.4, 0.5) is 4.39 Å². The van der Waals surface area contributed by atoms with E-state index in [0.29, 0.717) is 12.5 Å². The zero-order valence-electron chi connectivity index (χ0n) is 7.33. The van der Waals surface area contributed by atoms with E-state index in [0.717, 1.165) is 6.42 Å². The lowest BCUT2D eigenvalue weighted by atomic mass is 10.0. The molecule has 0 aliphatic carbocycles. The van der Waals surface area contributed by atoms with Crippen molar-refractivity contribution in [1.29, 1.82) is 0 Å². The molecule has 0 aromatic heterocycles. The molecule has 1 fully saturated rings. The molecule has 1 aromatic rings. The van der Waals surface area contributed by atoms with Gasteiger partial charge in [0.1, 0.15) is 6.17 Å². The van der Waals surface area contributed by atoms with Gasteiger partial charge in [-0.15, -0.1) is 0 Å². The van der Waals surface area contributed by atoms with Crippen molar-refractivity contribution in [2.45, 2.75) is 31.1 Å². The molecule has 0 radical (unpaired) electrons. The average molecular weight is 177 g/mol. The second kappa shape index (κ2) is 2.55. The predicted octanol–water partition coefficient (Wildman–Crippen LogP) is 2.50. The topological polar surface area (TPSA) is 12.0 Å². The average Bonchev–Trinajstić information content (AvgIpc) is 2.48. The monoisotopic (exact) mass is 177 g/mol. The first-order chi connectivity index (χ1) is 6.36. The van der Waals surface area contributed by atoms with Crippen LogP contribution in [-0.4, -0.2) is 6.17 Å². The Hall–Kier alpha value is -0.890. The number of hydrogen-bond acceptors (Lipinski definition) is 1. The Kier molecular flexibility index (Phi) is 1.47. The molecule has 2 aliphatic heterocycles. The number of hydrogen-bond donors (Lipinski definition) is 1. The SMILES string of the molecule is FC1CCC2NC1c1ccccc12. The molecule has 2 heterocycles. The van der Waals surface area contributed by atoms with E-state index in [1.165, 1.54) is 11.1 Å². The number of piperidine rings is 1. The van der Waals surface area contributed by atoms with Crippen LogP contribution in [0.2, 0.25) is 0 Å². The van der Waals surface area contributed by atoms with Crippen LogP contribution in [0.1, 0.15) is 36.1 Å². The summed E-state index contributed by atoms with van der Waals surface area (Å²) in [4.78, 5) is 0. The summed E-state index contributed by atoms with van der Waals surface area (Å²) in [6.45, 7) is 0. The van der Waals surface area contributed by atoms with Crippen LogP contribution in [0.25, 0.3) is 0 Å². The Morgan fingerprint density at radius 2 is 1.92 bits per heavy atom. The van der Waals surface area contributed by atoms with Crippen molar-refractivity contribution in [3.8, 4) is 0 Å². The van der Waals surface area contributed by atoms with Crippen molar-refractivity contribution in [3.63, 3.8) is 0 Å². The van der Waals surface area contributed by atoms with E-state index in [9.17, 15) is 4.39 Å². The Morgan fingerprint density at radius 1 is 1.15 bits per heavy atom. The highest BCUT2D eigenvalue weighted by molar-refractivity contribution is 5.39. The van der Waals surface area contributed by atoms with Gasteiger partial charge in [0.15, 0.2) is 0 Å². The van der Waals surface area contributed by atoms with Crippen molar-refractivity contribution in [2.24, 2.45) is 0 Å². The van der Waals surface area contributed by atoms with Gasteiger partial charge >= 0.3 is 0 Å². The second-order valence-corrected chi connectivity index (χ2v) is 3.92. The Balaban J connectivity index is 2.13. The number of nitrogens with one attached hydrogen (secondary N) is 1. The van der Waals surface area contributed by atoms with E-state index in [1.54, 1.807) is 0 Å². The summed E-state index contributed by atoms with van der Waals surface area (Å²) in [5.74, 6) is 0. The molecule has 3 atom stereocenters. The molecular weight excluding hydrogens is 165 g/mol. The Morgan fingerprint density at radius 3 is 2.77 bits per heavy atom. The largest absolute Gasteiger partial charge is 0.301 e. The number of fused-ring (bicyclic) bond motifs is 5. The highest BCUT2D eigenvalue weighted by atomic mass is 19.1. The maximum atomic E-state index is 13.5. The van der Waals surface area contributed by atoms with Gasteiger partial charge in [0, 0.05) is 6.04 Å². The minimum Gasteiger partial charge on any atom is -0.301 e. The van der Waals surface area contributed by atoms with Gasteiger partial charge in [-0.25, -0.2) is 4.39 Å². The van der Waals surface area contributed by atoms with Crippen LogP contribution in [0, 0.1) is 0 Å². The molecule has 0 spiro atoms. The van der Waals surface area contributed by atoms with E-state index in [1.807, 2.05) is 18.2 Å². The van der Waals surface area contributed by atoms with Gasteiger partial charge in [-0.1, -0.05) is 24.3 Å². The molecule has 0 amide bonds. The molecule has 1 N–H and O–H groups in total. The van der Waals surface area contributed by atoms with Crippen molar-refractivity contribution in [1.82, 2.24) is 5.32 Å². The van der Waals surface area contributed by atoms with Crippen molar-refractivity contribution in [3.05, 3.63) is 35.4 Å².